The number of nitrogens with zero attached hydrogens (tertiary/aromatic N) is 2. The normalized spacial score (nSPS) is 16.1. The number of pyridine rings is 1. The third-order valence-electron chi connectivity index (χ3n) is 2.81. The Bertz CT molecular complexity index is 417. The van der Waals surface area contributed by atoms with Crippen LogP contribution in [0.25, 0.3) is 0 Å². The monoisotopic (exact) mass is 200 g/mol. The van der Waals surface area contributed by atoms with E-state index in [1.165, 1.54) is 18.4 Å². The molecule has 1 heterocycles. The van der Waals surface area contributed by atoms with Crippen LogP contribution in [0.15, 0.2) is 12.1 Å². The summed E-state index contributed by atoms with van der Waals surface area (Å²) in [4.78, 5) is 4.46. The van der Waals surface area contributed by atoms with Gasteiger partial charge in [0.15, 0.2) is 0 Å². The first kappa shape index (κ1) is 10.2. The molecule has 0 amide bonds. The topological polar surface area (TPSA) is 36.7 Å². The van der Waals surface area contributed by atoms with E-state index in [1.807, 2.05) is 6.07 Å². The molecule has 2 heteroatoms. The zero-order chi connectivity index (χ0) is 11.1. The lowest BCUT2D eigenvalue weighted by molar-refractivity contribution is 0.577. The Labute approximate surface area is 91.0 Å². The molecule has 0 atom stereocenters. The third-order valence-corrected chi connectivity index (χ3v) is 2.81. The van der Waals surface area contributed by atoms with Gasteiger partial charge in [-0.15, -0.1) is 0 Å². The molecule has 1 aromatic rings. The molecule has 15 heavy (non-hydrogen) atoms. The van der Waals surface area contributed by atoms with E-state index < -0.39 is 0 Å². The SMILES string of the molecule is CC(C)(C)c1ccc(C#N)nc1C1CC1. The average molecular weight is 200 g/mol. The molecular weight excluding hydrogens is 184 g/mol. The van der Waals surface area contributed by atoms with E-state index in [0.29, 0.717) is 11.6 Å². The van der Waals surface area contributed by atoms with Crippen molar-refractivity contribution in [2.45, 2.75) is 44.9 Å². The van der Waals surface area contributed by atoms with Gasteiger partial charge in [0.25, 0.3) is 0 Å². The van der Waals surface area contributed by atoms with Gasteiger partial charge in [0, 0.05) is 11.6 Å². The molecule has 78 valence electrons. The summed E-state index contributed by atoms with van der Waals surface area (Å²) in [6, 6.07) is 6.01. The summed E-state index contributed by atoms with van der Waals surface area (Å²) in [5.41, 5.74) is 3.12. The highest BCUT2D eigenvalue weighted by Crippen LogP contribution is 2.43. The fourth-order valence-electron chi connectivity index (χ4n) is 1.84. The number of nitriles is 1. The second-order valence-corrected chi connectivity index (χ2v) is 5.27. The van der Waals surface area contributed by atoms with Crippen LogP contribution in [-0.2, 0) is 5.41 Å². The average Bonchev–Trinajstić information content (AvgIpc) is 2.98. The van der Waals surface area contributed by atoms with Gasteiger partial charge in [-0.3, -0.25) is 0 Å². The van der Waals surface area contributed by atoms with E-state index in [0.717, 1.165) is 5.69 Å². The lowest BCUT2D eigenvalue weighted by atomic mass is 9.84. The van der Waals surface area contributed by atoms with Gasteiger partial charge in [0.2, 0.25) is 0 Å². The predicted molar refractivity (Wildman–Crippen MR) is 59.6 cm³/mol. The van der Waals surface area contributed by atoms with E-state index >= 15 is 0 Å². The minimum Gasteiger partial charge on any atom is -0.242 e. The smallest absolute Gasteiger partial charge is 0.140 e. The van der Waals surface area contributed by atoms with Gasteiger partial charge in [-0.25, -0.2) is 4.98 Å². The molecule has 1 aliphatic carbocycles. The van der Waals surface area contributed by atoms with Gasteiger partial charge in [0.1, 0.15) is 11.8 Å². The molecule has 2 nitrogen and oxygen atoms in total. The van der Waals surface area contributed by atoms with Crippen LogP contribution in [0.1, 0.15) is 56.5 Å². The van der Waals surface area contributed by atoms with Gasteiger partial charge < -0.3 is 0 Å². The fourth-order valence-corrected chi connectivity index (χ4v) is 1.84. The molecule has 0 N–H and O–H groups in total. The van der Waals surface area contributed by atoms with E-state index in [-0.39, 0.29) is 5.41 Å². The third kappa shape index (κ3) is 2.02. The molecule has 0 radical (unpaired) electrons. The van der Waals surface area contributed by atoms with Crippen LogP contribution in [0.5, 0.6) is 0 Å². The van der Waals surface area contributed by atoms with E-state index in [4.69, 9.17) is 5.26 Å². The van der Waals surface area contributed by atoms with Crippen molar-refractivity contribution in [3.05, 3.63) is 29.1 Å². The van der Waals surface area contributed by atoms with Gasteiger partial charge >= 0.3 is 0 Å². The first-order valence-corrected chi connectivity index (χ1v) is 5.44. The van der Waals surface area contributed by atoms with Crippen molar-refractivity contribution in [1.82, 2.24) is 4.98 Å². The van der Waals surface area contributed by atoms with Crippen LogP contribution in [0, 0.1) is 11.3 Å². The molecule has 0 aliphatic heterocycles. The van der Waals surface area contributed by atoms with Gasteiger partial charge in [-0.05, 0) is 29.9 Å². The molecule has 2 rings (SSSR count). The highest BCUT2D eigenvalue weighted by Gasteiger charge is 2.31. The predicted octanol–water partition coefficient (Wildman–Crippen LogP) is 3.13. The van der Waals surface area contributed by atoms with Crippen LogP contribution in [0.3, 0.4) is 0 Å². The zero-order valence-corrected chi connectivity index (χ0v) is 9.54. The Hall–Kier alpha value is -1.36. The molecule has 1 aromatic heterocycles. The molecule has 0 unspecified atom stereocenters. The summed E-state index contributed by atoms with van der Waals surface area (Å²) in [7, 11) is 0. The molecular formula is C13H16N2. The zero-order valence-electron chi connectivity index (χ0n) is 9.54. The highest BCUT2D eigenvalue weighted by molar-refractivity contribution is 5.36. The molecule has 0 saturated heterocycles. The summed E-state index contributed by atoms with van der Waals surface area (Å²) in [5.74, 6) is 0.604. The minimum atomic E-state index is 0.124. The van der Waals surface area contributed by atoms with Crippen LogP contribution in [-0.4, -0.2) is 4.98 Å². The minimum absolute atomic E-state index is 0.124. The number of aromatic nitrogens is 1. The van der Waals surface area contributed by atoms with E-state index in [1.54, 1.807) is 0 Å². The van der Waals surface area contributed by atoms with E-state index in [9.17, 15) is 0 Å². The summed E-state index contributed by atoms with van der Waals surface area (Å²) in [5, 5.41) is 8.85. The lowest BCUT2D eigenvalue weighted by Gasteiger charge is -2.22. The molecule has 0 aromatic carbocycles. The maximum atomic E-state index is 8.85. The molecule has 0 bridgehead atoms. The molecule has 0 spiro atoms. The first-order valence-electron chi connectivity index (χ1n) is 5.44. The number of rotatable bonds is 1. The van der Waals surface area contributed by atoms with Crippen LogP contribution < -0.4 is 0 Å². The lowest BCUT2D eigenvalue weighted by Crippen LogP contribution is -2.15. The Kier molecular flexibility index (Phi) is 2.26. The standard InChI is InChI=1S/C13H16N2/c1-13(2,3)11-7-6-10(8-14)15-12(11)9-4-5-9/h6-7,9H,4-5H2,1-3H3. The maximum absolute atomic E-state index is 8.85. The maximum Gasteiger partial charge on any atom is 0.140 e. The van der Waals surface area contributed by atoms with Crippen molar-refractivity contribution >= 4 is 0 Å². The Morgan fingerprint density at radius 2 is 2.00 bits per heavy atom. The number of hydrogen-bond acceptors (Lipinski definition) is 2. The van der Waals surface area contributed by atoms with E-state index in [2.05, 4.69) is 37.9 Å². The van der Waals surface area contributed by atoms with Crippen LogP contribution in [0.2, 0.25) is 0 Å². The summed E-state index contributed by atoms with van der Waals surface area (Å²) < 4.78 is 0. The van der Waals surface area contributed by atoms with Crippen LogP contribution >= 0.6 is 0 Å². The fraction of sp³-hybridized carbons (Fsp3) is 0.538. The van der Waals surface area contributed by atoms with Gasteiger partial charge in [-0.1, -0.05) is 26.8 Å². The van der Waals surface area contributed by atoms with Crippen molar-refractivity contribution in [2.75, 3.05) is 0 Å². The van der Waals surface area contributed by atoms with Crippen LogP contribution in [0.4, 0.5) is 0 Å². The van der Waals surface area contributed by atoms with Crippen molar-refractivity contribution in [2.24, 2.45) is 0 Å². The highest BCUT2D eigenvalue weighted by atomic mass is 14.7. The Balaban J connectivity index is 2.50. The summed E-state index contributed by atoms with van der Waals surface area (Å²) in [6.45, 7) is 6.59. The largest absolute Gasteiger partial charge is 0.242 e. The second kappa shape index (κ2) is 3.34. The first-order chi connectivity index (χ1) is 7.02. The Morgan fingerprint density at radius 3 is 2.47 bits per heavy atom. The van der Waals surface area contributed by atoms with Crippen molar-refractivity contribution in [3.8, 4) is 6.07 Å². The molecule has 1 saturated carbocycles. The van der Waals surface area contributed by atoms with Gasteiger partial charge in [0.05, 0.1) is 0 Å². The number of hydrogen-bond donors (Lipinski definition) is 0. The van der Waals surface area contributed by atoms with Crippen molar-refractivity contribution < 1.29 is 0 Å². The van der Waals surface area contributed by atoms with Crippen molar-refractivity contribution in [3.63, 3.8) is 0 Å². The molecule has 1 aliphatic rings. The summed E-state index contributed by atoms with van der Waals surface area (Å²) in [6.07, 6.45) is 2.45. The van der Waals surface area contributed by atoms with Crippen molar-refractivity contribution in [1.29, 1.82) is 5.26 Å². The Morgan fingerprint density at radius 1 is 1.33 bits per heavy atom. The summed E-state index contributed by atoms with van der Waals surface area (Å²) >= 11 is 0. The van der Waals surface area contributed by atoms with Gasteiger partial charge in [-0.2, -0.15) is 5.26 Å². The second-order valence-electron chi connectivity index (χ2n) is 5.27. The quantitative estimate of drug-likeness (QED) is 0.698. The molecule has 1 fully saturated rings.